The highest BCUT2D eigenvalue weighted by molar-refractivity contribution is 7.10. The summed E-state index contributed by atoms with van der Waals surface area (Å²) >= 11 is 1.50. The van der Waals surface area contributed by atoms with Crippen LogP contribution in [0.25, 0.3) is 6.08 Å². The zero-order valence-electron chi connectivity index (χ0n) is 17.0. The van der Waals surface area contributed by atoms with Crippen LogP contribution in [0.15, 0.2) is 47.5 Å². The summed E-state index contributed by atoms with van der Waals surface area (Å²) in [6.45, 7) is 8.29. The topological polar surface area (TPSA) is 67.4 Å². The molecular weight excluding hydrogens is 372 g/mol. The van der Waals surface area contributed by atoms with Crippen molar-refractivity contribution in [1.29, 1.82) is 0 Å². The molecule has 2 N–H and O–H groups in total. The molecule has 0 atom stereocenters. The van der Waals surface area contributed by atoms with Crippen LogP contribution in [-0.4, -0.2) is 25.0 Å². The molecular formula is C22H28N2O3S. The van der Waals surface area contributed by atoms with Crippen LogP contribution >= 0.6 is 11.3 Å². The van der Waals surface area contributed by atoms with E-state index in [0.29, 0.717) is 11.3 Å². The first-order valence-electron chi connectivity index (χ1n) is 9.33. The van der Waals surface area contributed by atoms with Crippen molar-refractivity contribution < 1.29 is 14.3 Å². The van der Waals surface area contributed by atoms with Gasteiger partial charge in [0.2, 0.25) is 0 Å². The van der Waals surface area contributed by atoms with Gasteiger partial charge < -0.3 is 15.4 Å². The van der Waals surface area contributed by atoms with Gasteiger partial charge in [0, 0.05) is 16.5 Å². The summed E-state index contributed by atoms with van der Waals surface area (Å²) < 4.78 is 5.12. The number of nitrogens with one attached hydrogen (secondary N) is 2. The summed E-state index contributed by atoms with van der Waals surface area (Å²) in [4.78, 5) is 26.5. The SMILES string of the molecule is COc1ccc(C(=O)N/C(=C\c2cccs2)C(=O)NC(C(C)C)C(C)C)cc1. The third-order valence-electron chi connectivity index (χ3n) is 4.41. The molecule has 0 radical (unpaired) electrons. The van der Waals surface area contributed by atoms with Crippen molar-refractivity contribution in [1.82, 2.24) is 10.6 Å². The number of benzene rings is 1. The van der Waals surface area contributed by atoms with Gasteiger partial charge in [-0.25, -0.2) is 0 Å². The van der Waals surface area contributed by atoms with Crippen molar-refractivity contribution in [3.05, 3.63) is 57.9 Å². The zero-order valence-corrected chi connectivity index (χ0v) is 17.8. The van der Waals surface area contributed by atoms with E-state index in [0.717, 1.165) is 4.88 Å². The molecule has 28 heavy (non-hydrogen) atoms. The number of carbonyl (C=O) groups is 2. The molecule has 2 rings (SSSR count). The van der Waals surface area contributed by atoms with E-state index in [1.54, 1.807) is 37.5 Å². The van der Waals surface area contributed by atoms with E-state index >= 15 is 0 Å². The van der Waals surface area contributed by atoms with Crippen molar-refractivity contribution in [2.45, 2.75) is 33.7 Å². The fraction of sp³-hybridized carbons (Fsp3) is 0.364. The smallest absolute Gasteiger partial charge is 0.268 e. The van der Waals surface area contributed by atoms with Crippen LogP contribution < -0.4 is 15.4 Å². The Hall–Kier alpha value is -2.60. The molecule has 1 aromatic heterocycles. The van der Waals surface area contributed by atoms with E-state index in [-0.39, 0.29) is 35.4 Å². The molecule has 0 fully saturated rings. The summed E-state index contributed by atoms with van der Waals surface area (Å²) in [6, 6.07) is 10.6. The Labute approximate surface area is 170 Å². The van der Waals surface area contributed by atoms with Gasteiger partial charge in [-0.05, 0) is 53.6 Å². The summed E-state index contributed by atoms with van der Waals surface area (Å²) in [5.74, 6) is 0.600. The van der Waals surface area contributed by atoms with Gasteiger partial charge >= 0.3 is 0 Å². The van der Waals surface area contributed by atoms with Gasteiger partial charge in [-0.1, -0.05) is 33.8 Å². The minimum Gasteiger partial charge on any atom is -0.497 e. The van der Waals surface area contributed by atoms with Crippen molar-refractivity contribution in [3.8, 4) is 5.75 Å². The highest BCUT2D eigenvalue weighted by Gasteiger charge is 2.23. The van der Waals surface area contributed by atoms with Gasteiger partial charge in [0.25, 0.3) is 11.8 Å². The van der Waals surface area contributed by atoms with E-state index in [9.17, 15) is 9.59 Å². The molecule has 6 heteroatoms. The quantitative estimate of drug-likeness (QED) is 0.648. The number of hydrogen-bond acceptors (Lipinski definition) is 4. The molecule has 1 aromatic carbocycles. The predicted molar refractivity (Wildman–Crippen MR) is 114 cm³/mol. The number of ether oxygens (including phenoxy) is 1. The maximum absolute atomic E-state index is 12.9. The van der Waals surface area contributed by atoms with E-state index in [2.05, 4.69) is 38.3 Å². The summed E-state index contributed by atoms with van der Waals surface area (Å²) in [5, 5.41) is 7.76. The average molecular weight is 401 g/mol. The Bertz CT molecular complexity index is 801. The molecule has 1 heterocycles. The van der Waals surface area contributed by atoms with E-state index in [1.165, 1.54) is 11.3 Å². The van der Waals surface area contributed by atoms with Crippen LogP contribution in [0.2, 0.25) is 0 Å². The fourth-order valence-corrected chi connectivity index (χ4v) is 3.60. The molecule has 0 aliphatic rings. The van der Waals surface area contributed by atoms with Crippen molar-refractivity contribution >= 4 is 29.2 Å². The Kier molecular flexibility index (Phi) is 7.81. The van der Waals surface area contributed by atoms with Crippen LogP contribution in [0.5, 0.6) is 5.75 Å². The molecule has 0 aliphatic heterocycles. The van der Waals surface area contributed by atoms with Crippen LogP contribution in [-0.2, 0) is 4.79 Å². The second-order valence-electron chi connectivity index (χ2n) is 7.24. The summed E-state index contributed by atoms with van der Waals surface area (Å²) in [5.41, 5.74) is 0.685. The molecule has 2 aromatic rings. The summed E-state index contributed by atoms with van der Waals surface area (Å²) in [7, 11) is 1.57. The Morgan fingerprint density at radius 3 is 2.18 bits per heavy atom. The second kappa shape index (κ2) is 10.1. The standard InChI is InChI=1S/C22H28N2O3S/c1-14(2)20(15(3)4)24-22(26)19(13-18-7-6-12-28-18)23-21(25)16-8-10-17(27-5)11-9-16/h6-15,20H,1-5H3,(H,23,25)(H,24,26)/b19-13-. The number of methoxy groups -OCH3 is 1. The first kappa shape index (κ1) is 21.7. The maximum atomic E-state index is 12.9. The van der Waals surface area contributed by atoms with Gasteiger partial charge in [0.1, 0.15) is 11.4 Å². The van der Waals surface area contributed by atoms with Gasteiger partial charge in [-0.2, -0.15) is 0 Å². The van der Waals surface area contributed by atoms with Crippen molar-refractivity contribution in [2.24, 2.45) is 11.8 Å². The molecule has 150 valence electrons. The number of carbonyl (C=O) groups excluding carboxylic acids is 2. The first-order chi connectivity index (χ1) is 13.3. The normalized spacial score (nSPS) is 11.8. The van der Waals surface area contributed by atoms with E-state index < -0.39 is 0 Å². The van der Waals surface area contributed by atoms with Gasteiger partial charge in [-0.15, -0.1) is 11.3 Å². The Balaban J connectivity index is 2.24. The number of thiophene rings is 1. The Morgan fingerprint density at radius 2 is 1.68 bits per heavy atom. The molecule has 5 nitrogen and oxygen atoms in total. The average Bonchev–Trinajstić information content (AvgIpc) is 3.18. The third kappa shape index (κ3) is 5.96. The largest absolute Gasteiger partial charge is 0.497 e. The predicted octanol–water partition coefficient (Wildman–Crippen LogP) is 4.32. The van der Waals surface area contributed by atoms with Gasteiger partial charge in [0.05, 0.1) is 7.11 Å². The molecule has 0 spiro atoms. The van der Waals surface area contributed by atoms with E-state index in [4.69, 9.17) is 4.74 Å². The summed E-state index contributed by atoms with van der Waals surface area (Å²) in [6.07, 6.45) is 1.71. The lowest BCUT2D eigenvalue weighted by molar-refractivity contribution is -0.119. The second-order valence-corrected chi connectivity index (χ2v) is 8.22. The highest BCUT2D eigenvalue weighted by atomic mass is 32.1. The van der Waals surface area contributed by atoms with E-state index in [1.807, 2.05) is 17.5 Å². The van der Waals surface area contributed by atoms with Crippen molar-refractivity contribution in [3.63, 3.8) is 0 Å². The lowest BCUT2D eigenvalue weighted by atomic mass is 9.93. The number of rotatable bonds is 8. The van der Waals surface area contributed by atoms with Gasteiger partial charge in [0.15, 0.2) is 0 Å². The fourth-order valence-electron chi connectivity index (χ4n) is 2.94. The molecule has 0 bridgehead atoms. The Morgan fingerprint density at radius 1 is 1.04 bits per heavy atom. The third-order valence-corrected chi connectivity index (χ3v) is 5.23. The minimum absolute atomic E-state index is 0.0112. The lowest BCUT2D eigenvalue weighted by Crippen LogP contribution is -2.45. The molecule has 0 aliphatic carbocycles. The number of hydrogen-bond donors (Lipinski definition) is 2. The lowest BCUT2D eigenvalue weighted by Gasteiger charge is -2.26. The zero-order chi connectivity index (χ0) is 20.7. The minimum atomic E-state index is -0.341. The monoisotopic (exact) mass is 400 g/mol. The maximum Gasteiger partial charge on any atom is 0.268 e. The molecule has 0 saturated carbocycles. The molecule has 0 unspecified atom stereocenters. The van der Waals surface area contributed by atoms with Crippen LogP contribution in [0.4, 0.5) is 0 Å². The molecule has 0 saturated heterocycles. The van der Waals surface area contributed by atoms with Crippen LogP contribution in [0.1, 0.15) is 42.9 Å². The first-order valence-corrected chi connectivity index (χ1v) is 10.2. The van der Waals surface area contributed by atoms with Crippen LogP contribution in [0, 0.1) is 11.8 Å². The van der Waals surface area contributed by atoms with Crippen LogP contribution in [0.3, 0.4) is 0 Å². The van der Waals surface area contributed by atoms with Crippen molar-refractivity contribution in [2.75, 3.05) is 7.11 Å². The molecule has 2 amide bonds. The highest BCUT2D eigenvalue weighted by Crippen LogP contribution is 2.16. The van der Waals surface area contributed by atoms with Gasteiger partial charge in [-0.3, -0.25) is 9.59 Å². The number of amides is 2.